The first-order chi connectivity index (χ1) is 10.6. The fourth-order valence-corrected chi connectivity index (χ4v) is 4.29. The Balaban J connectivity index is 0.00000192. The minimum Gasteiger partial charge on any atom is -0.349 e. The summed E-state index contributed by atoms with van der Waals surface area (Å²) in [5.41, 5.74) is 8.68. The zero-order chi connectivity index (χ0) is 15.8. The number of carbonyl (C=O) groups is 1. The zero-order valence-corrected chi connectivity index (χ0v) is 15.0. The summed E-state index contributed by atoms with van der Waals surface area (Å²) in [5, 5.41) is 3.28. The van der Waals surface area contributed by atoms with Crippen molar-refractivity contribution in [3.8, 4) is 0 Å². The predicted octanol–water partition coefficient (Wildman–Crippen LogP) is 3.34. The largest absolute Gasteiger partial charge is 0.349 e. The molecular formula is C19H29ClN2O. The lowest BCUT2D eigenvalue weighted by atomic mass is 9.78. The van der Waals surface area contributed by atoms with E-state index >= 15 is 0 Å². The number of halogens is 1. The van der Waals surface area contributed by atoms with E-state index in [0.717, 1.165) is 32.1 Å². The second-order valence-corrected chi connectivity index (χ2v) is 7.10. The van der Waals surface area contributed by atoms with Gasteiger partial charge in [0.2, 0.25) is 5.91 Å². The minimum atomic E-state index is -0.227. The molecule has 1 spiro atoms. The van der Waals surface area contributed by atoms with Gasteiger partial charge in [0, 0.05) is 17.9 Å². The average molecular weight is 337 g/mol. The molecule has 3 nitrogen and oxygen atoms in total. The van der Waals surface area contributed by atoms with Crippen LogP contribution in [0, 0.1) is 5.92 Å². The molecule has 128 valence electrons. The van der Waals surface area contributed by atoms with Crippen molar-refractivity contribution in [1.82, 2.24) is 5.32 Å². The molecule has 1 aromatic carbocycles. The number of fused-ring (bicyclic) bond motifs is 2. The maximum atomic E-state index is 12.8. The molecule has 1 amide bonds. The number of rotatable bonds is 5. The fraction of sp³-hybridized carbons (Fsp3) is 0.632. The van der Waals surface area contributed by atoms with Gasteiger partial charge in [0.15, 0.2) is 0 Å². The molecule has 2 unspecified atom stereocenters. The molecule has 3 rings (SSSR count). The highest BCUT2D eigenvalue weighted by Gasteiger charge is 2.60. The van der Waals surface area contributed by atoms with Crippen molar-refractivity contribution in [3.05, 3.63) is 35.4 Å². The van der Waals surface area contributed by atoms with Gasteiger partial charge in [0.25, 0.3) is 0 Å². The van der Waals surface area contributed by atoms with E-state index in [1.54, 1.807) is 0 Å². The molecule has 0 aromatic heterocycles. The summed E-state index contributed by atoms with van der Waals surface area (Å²) < 4.78 is 0. The van der Waals surface area contributed by atoms with Gasteiger partial charge in [0.1, 0.15) is 0 Å². The van der Waals surface area contributed by atoms with Crippen molar-refractivity contribution in [3.63, 3.8) is 0 Å². The quantitative estimate of drug-likeness (QED) is 0.866. The van der Waals surface area contributed by atoms with Crippen LogP contribution in [0.4, 0.5) is 0 Å². The molecule has 1 aromatic rings. The fourth-order valence-electron chi connectivity index (χ4n) is 4.29. The second-order valence-electron chi connectivity index (χ2n) is 7.10. The third-order valence-electron chi connectivity index (χ3n) is 6.15. The van der Waals surface area contributed by atoms with Crippen LogP contribution in [0.1, 0.15) is 57.1 Å². The summed E-state index contributed by atoms with van der Waals surface area (Å²) in [6.07, 6.45) is 6.29. The first-order valence-corrected chi connectivity index (χ1v) is 8.71. The number of hydrogen-bond acceptors (Lipinski definition) is 2. The summed E-state index contributed by atoms with van der Waals surface area (Å²) in [4.78, 5) is 12.8. The summed E-state index contributed by atoms with van der Waals surface area (Å²) >= 11 is 0. The third-order valence-corrected chi connectivity index (χ3v) is 6.15. The van der Waals surface area contributed by atoms with Crippen LogP contribution < -0.4 is 11.1 Å². The van der Waals surface area contributed by atoms with E-state index in [9.17, 15) is 4.79 Å². The standard InChI is InChI=1S/C19H28N2O.ClH/c1-3-18(4-2,13-20)21-17(22)16-12-19(16)11-7-9-14-8-5-6-10-15(14)19;/h5-6,8,10,16H,3-4,7,9,11-13,20H2,1-2H3,(H,21,22);1H. The summed E-state index contributed by atoms with van der Waals surface area (Å²) in [6, 6.07) is 8.69. The van der Waals surface area contributed by atoms with Gasteiger partial charge in [-0.05, 0) is 49.7 Å². The normalized spacial score (nSPS) is 25.4. The lowest BCUT2D eigenvalue weighted by Crippen LogP contribution is -2.53. The number of carbonyl (C=O) groups excluding carboxylic acids is 1. The minimum absolute atomic E-state index is 0. The van der Waals surface area contributed by atoms with Crippen LogP contribution in [-0.4, -0.2) is 18.0 Å². The molecule has 0 saturated heterocycles. The van der Waals surface area contributed by atoms with Crippen molar-refractivity contribution < 1.29 is 4.79 Å². The average Bonchev–Trinajstić information content (AvgIpc) is 3.28. The smallest absolute Gasteiger partial charge is 0.224 e. The van der Waals surface area contributed by atoms with E-state index in [4.69, 9.17) is 5.73 Å². The van der Waals surface area contributed by atoms with Crippen molar-refractivity contribution in [1.29, 1.82) is 0 Å². The zero-order valence-electron chi connectivity index (χ0n) is 14.2. The highest BCUT2D eigenvalue weighted by Crippen LogP contribution is 2.60. The van der Waals surface area contributed by atoms with Gasteiger partial charge in [-0.3, -0.25) is 4.79 Å². The van der Waals surface area contributed by atoms with Crippen LogP contribution in [0.25, 0.3) is 0 Å². The molecule has 2 aliphatic carbocycles. The van der Waals surface area contributed by atoms with Crippen LogP contribution in [0.15, 0.2) is 24.3 Å². The summed E-state index contributed by atoms with van der Waals surface area (Å²) in [6.45, 7) is 4.73. The van der Waals surface area contributed by atoms with Crippen molar-refractivity contribution in [2.45, 2.75) is 63.3 Å². The van der Waals surface area contributed by atoms with Crippen LogP contribution >= 0.6 is 12.4 Å². The maximum Gasteiger partial charge on any atom is 0.224 e. The molecule has 2 atom stereocenters. The second kappa shape index (κ2) is 6.82. The first kappa shape index (κ1) is 18.3. The number of benzene rings is 1. The monoisotopic (exact) mass is 336 g/mol. The van der Waals surface area contributed by atoms with Crippen molar-refractivity contribution in [2.24, 2.45) is 11.7 Å². The van der Waals surface area contributed by atoms with E-state index < -0.39 is 0 Å². The first-order valence-electron chi connectivity index (χ1n) is 8.71. The van der Waals surface area contributed by atoms with Crippen LogP contribution in [0.2, 0.25) is 0 Å². The van der Waals surface area contributed by atoms with Gasteiger partial charge in [-0.15, -0.1) is 12.4 Å². The van der Waals surface area contributed by atoms with Crippen LogP contribution in [0.5, 0.6) is 0 Å². The number of aryl methyl sites for hydroxylation is 1. The Morgan fingerprint density at radius 2 is 2.04 bits per heavy atom. The Kier molecular flexibility index (Phi) is 5.42. The Labute approximate surface area is 145 Å². The van der Waals surface area contributed by atoms with E-state index in [1.807, 2.05) is 0 Å². The lowest BCUT2D eigenvalue weighted by Gasteiger charge is -2.32. The van der Waals surface area contributed by atoms with Crippen LogP contribution in [0.3, 0.4) is 0 Å². The van der Waals surface area contributed by atoms with Gasteiger partial charge in [-0.25, -0.2) is 0 Å². The van der Waals surface area contributed by atoms with Gasteiger partial charge in [-0.2, -0.15) is 0 Å². The molecule has 0 aliphatic heterocycles. The van der Waals surface area contributed by atoms with E-state index in [0.29, 0.717) is 6.54 Å². The summed E-state index contributed by atoms with van der Waals surface area (Å²) in [5.74, 6) is 0.351. The van der Waals surface area contributed by atoms with E-state index in [2.05, 4.69) is 43.4 Å². The van der Waals surface area contributed by atoms with Crippen molar-refractivity contribution >= 4 is 18.3 Å². The Morgan fingerprint density at radius 3 is 2.70 bits per heavy atom. The van der Waals surface area contributed by atoms with Crippen molar-refractivity contribution in [2.75, 3.05) is 6.54 Å². The molecular weight excluding hydrogens is 308 g/mol. The molecule has 4 heteroatoms. The SMILES string of the molecule is CCC(CC)(CN)NC(=O)C1CC12CCCc1ccccc12.Cl. The number of hydrogen-bond donors (Lipinski definition) is 2. The topological polar surface area (TPSA) is 55.1 Å². The summed E-state index contributed by atoms with van der Waals surface area (Å²) in [7, 11) is 0. The molecule has 0 radical (unpaired) electrons. The number of nitrogens with one attached hydrogen (secondary N) is 1. The Hall–Kier alpha value is -1.06. The molecule has 1 fully saturated rings. The molecule has 1 saturated carbocycles. The molecule has 2 aliphatic rings. The number of nitrogens with two attached hydrogens (primary N) is 1. The molecule has 0 heterocycles. The van der Waals surface area contributed by atoms with Crippen LogP contribution in [-0.2, 0) is 16.6 Å². The Bertz CT molecular complexity index is 562. The molecule has 23 heavy (non-hydrogen) atoms. The third kappa shape index (κ3) is 3.01. The van der Waals surface area contributed by atoms with Gasteiger partial charge in [-0.1, -0.05) is 38.1 Å². The number of amides is 1. The lowest BCUT2D eigenvalue weighted by molar-refractivity contribution is -0.124. The highest BCUT2D eigenvalue weighted by molar-refractivity contribution is 5.85. The van der Waals surface area contributed by atoms with Gasteiger partial charge >= 0.3 is 0 Å². The molecule has 0 bridgehead atoms. The highest BCUT2D eigenvalue weighted by atomic mass is 35.5. The van der Waals surface area contributed by atoms with E-state index in [-0.39, 0.29) is 35.2 Å². The van der Waals surface area contributed by atoms with Gasteiger partial charge in [0.05, 0.1) is 5.54 Å². The predicted molar refractivity (Wildman–Crippen MR) is 96.9 cm³/mol. The van der Waals surface area contributed by atoms with Gasteiger partial charge < -0.3 is 11.1 Å². The Morgan fingerprint density at radius 1 is 1.35 bits per heavy atom. The maximum absolute atomic E-state index is 12.8. The van der Waals surface area contributed by atoms with E-state index in [1.165, 1.54) is 17.5 Å². The molecule has 3 N–H and O–H groups in total.